The molecule has 0 heterocycles. The fourth-order valence-electron chi connectivity index (χ4n) is 2.58. The molecule has 0 aromatic heterocycles. The van der Waals surface area contributed by atoms with Crippen LogP contribution in [0, 0.1) is 0 Å². The van der Waals surface area contributed by atoms with E-state index in [9.17, 15) is 4.79 Å². The van der Waals surface area contributed by atoms with Crippen molar-refractivity contribution in [2.24, 2.45) is 0 Å². The van der Waals surface area contributed by atoms with E-state index in [1.807, 2.05) is 42.2 Å². The van der Waals surface area contributed by atoms with E-state index in [2.05, 4.69) is 0 Å². The number of amides is 1. The standard InChI is InChI=1S/C15H21NO2/c1-2-16(13-9-5-3-6-10-13)15(17)18-14-11-7-4-8-12-14/h4,7-8,11-13H,2-3,5-6,9-10H2,1H3. The number of rotatable bonds is 3. The van der Waals surface area contributed by atoms with Crippen LogP contribution in [0.3, 0.4) is 0 Å². The van der Waals surface area contributed by atoms with Gasteiger partial charge in [-0.2, -0.15) is 0 Å². The van der Waals surface area contributed by atoms with Gasteiger partial charge in [-0.15, -0.1) is 0 Å². The summed E-state index contributed by atoms with van der Waals surface area (Å²) in [4.78, 5) is 14.0. The van der Waals surface area contributed by atoms with Gasteiger partial charge in [0.05, 0.1) is 0 Å². The molecule has 0 saturated heterocycles. The fraction of sp³-hybridized carbons (Fsp3) is 0.533. The molecule has 0 atom stereocenters. The van der Waals surface area contributed by atoms with Crippen molar-refractivity contribution in [3.8, 4) is 5.75 Å². The molecule has 1 aliphatic rings. The molecule has 3 nitrogen and oxygen atoms in total. The van der Waals surface area contributed by atoms with E-state index in [0.717, 1.165) is 19.4 Å². The molecule has 98 valence electrons. The first-order chi connectivity index (χ1) is 8.81. The Hall–Kier alpha value is -1.51. The fourth-order valence-corrected chi connectivity index (χ4v) is 2.58. The molecule has 1 fully saturated rings. The zero-order valence-corrected chi connectivity index (χ0v) is 11.0. The van der Waals surface area contributed by atoms with Crippen molar-refractivity contribution in [2.75, 3.05) is 6.54 Å². The third-order valence-electron chi connectivity index (χ3n) is 3.54. The van der Waals surface area contributed by atoms with Gasteiger partial charge in [0, 0.05) is 12.6 Å². The lowest BCUT2D eigenvalue weighted by Crippen LogP contribution is -2.42. The largest absolute Gasteiger partial charge is 0.415 e. The zero-order valence-electron chi connectivity index (χ0n) is 11.0. The highest BCUT2D eigenvalue weighted by Crippen LogP contribution is 2.23. The number of hydrogen-bond donors (Lipinski definition) is 0. The molecule has 0 N–H and O–H groups in total. The summed E-state index contributed by atoms with van der Waals surface area (Å²) in [6.45, 7) is 2.73. The first-order valence-electron chi connectivity index (χ1n) is 6.84. The van der Waals surface area contributed by atoms with E-state index < -0.39 is 0 Å². The van der Waals surface area contributed by atoms with Gasteiger partial charge in [0.1, 0.15) is 5.75 Å². The molecule has 1 aromatic carbocycles. The number of hydrogen-bond acceptors (Lipinski definition) is 2. The predicted octanol–water partition coefficient (Wildman–Crippen LogP) is 3.84. The van der Waals surface area contributed by atoms with Crippen molar-refractivity contribution < 1.29 is 9.53 Å². The molecular formula is C15H21NO2. The van der Waals surface area contributed by atoms with Crippen LogP contribution in [0.5, 0.6) is 5.75 Å². The van der Waals surface area contributed by atoms with Crippen LogP contribution in [0.4, 0.5) is 4.79 Å². The Morgan fingerprint density at radius 1 is 1.22 bits per heavy atom. The highest BCUT2D eigenvalue weighted by Gasteiger charge is 2.25. The summed E-state index contributed by atoms with van der Waals surface area (Å²) in [5, 5.41) is 0. The van der Waals surface area contributed by atoms with Crippen LogP contribution in [0.2, 0.25) is 0 Å². The van der Waals surface area contributed by atoms with E-state index in [4.69, 9.17) is 4.74 Å². The predicted molar refractivity (Wildman–Crippen MR) is 71.7 cm³/mol. The summed E-state index contributed by atoms with van der Waals surface area (Å²) in [5.74, 6) is 0.622. The van der Waals surface area contributed by atoms with Crippen LogP contribution in [-0.4, -0.2) is 23.6 Å². The quantitative estimate of drug-likeness (QED) is 0.812. The summed E-state index contributed by atoms with van der Waals surface area (Å²) < 4.78 is 5.41. The summed E-state index contributed by atoms with van der Waals surface area (Å²) >= 11 is 0. The molecule has 18 heavy (non-hydrogen) atoms. The summed E-state index contributed by atoms with van der Waals surface area (Å²) in [5.41, 5.74) is 0. The van der Waals surface area contributed by atoms with E-state index in [1.54, 1.807) is 0 Å². The van der Waals surface area contributed by atoms with Crippen molar-refractivity contribution in [1.82, 2.24) is 4.90 Å². The van der Waals surface area contributed by atoms with Crippen molar-refractivity contribution in [1.29, 1.82) is 0 Å². The van der Waals surface area contributed by atoms with E-state index >= 15 is 0 Å². The summed E-state index contributed by atoms with van der Waals surface area (Å²) in [6.07, 6.45) is 5.74. The first kappa shape index (κ1) is 12.9. The SMILES string of the molecule is CCN(C(=O)Oc1ccccc1)C1CCCCC1. The first-order valence-corrected chi connectivity index (χ1v) is 6.84. The van der Waals surface area contributed by atoms with Gasteiger partial charge in [0.25, 0.3) is 0 Å². The summed E-state index contributed by atoms with van der Waals surface area (Å²) in [7, 11) is 0. The molecule has 1 amide bonds. The molecule has 0 aliphatic heterocycles. The highest BCUT2D eigenvalue weighted by atomic mass is 16.6. The number of ether oxygens (including phenoxy) is 1. The van der Waals surface area contributed by atoms with Crippen molar-refractivity contribution in [2.45, 2.75) is 45.1 Å². The topological polar surface area (TPSA) is 29.5 Å². The molecule has 1 aromatic rings. The lowest BCUT2D eigenvalue weighted by atomic mass is 9.94. The number of carbonyl (C=O) groups excluding carboxylic acids is 1. The molecule has 0 bridgehead atoms. The van der Waals surface area contributed by atoms with Crippen LogP contribution in [-0.2, 0) is 0 Å². The average molecular weight is 247 g/mol. The van der Waals surface area contributed by atoms with Gasteiger partial charge in [-0.3, -0.25) is 0 Å². The number of benzene rings is 1. The minimum Gasteiger partial charge on any atom is -0.410 e. The van der Waals surface area contributed by atoms with Crippen LogP contribution in [0.1, 0.15) is 39.0 Å². The summed E-state index contributed by atoms with van der Waals surface area (Å²) in [6, 6.07) is 9.65. The van der Waals surface area contributed by atoms with Gasteiger partial charge in [-0.1, -0.05) is 37.5 Å². The third-order valence-corrected chi connectivity index (χ3v) is 3.54. The Morgan fingerprint density at radius 3 is 2.50 bits per heavy atom. The molecule has 3 heteroatoms. The van der Waals surface area contributed by atoms with E-state index in [1.165, 1.54) is 19.3 Å². The van der Waals surface area contributed by atoms with Gasteiger partial charge in [-0.05, 0) is 31.9 Å². The maximum Gasteiger partial charge on any atom is 0.415 e. The number of para-hydroxylation sites is 1. The second-order valence-corrected chi connectivity index (χ2v) is 4.76. The highest BCUT2D eigenvalue weighted by molar-refractivity contribution is 5.71. The molecule has 1 saturated carbocycles. The molecular weight excluding hydrogens is 226 g/mol. The van der Waals surface area contributed by atoms with Gasteiger partial charge < -0.3 is 9.64 Å². The number of carbonyl (C=O) groups is 1. The lowest BCUT2D eigenvalue weighted by molar-refractivity contribution is 0.121. The molecule has 0 unspecified atom stereocenters. The molecule has 0 spiro atoms. The minimum absolute atomic E-state index is 0.212. The van der Waals surface area contributed by atoms with Crippen LogP contribution in [0.25, 0.3) is 0 Å². The Balaban J connectivity index is 1.96. The Bertz CT molecular complexity index is 371. The van der Waals surface area contributed by atoms with Gasteiger partial charge in [-0.25, -0.2) is 4.79 Å². The van der Waals surface area contributed by atoms with Crippen LogP contribution in [0.15, 0.2) is 30.3 Å². The van der Waals surface area contributed by atoms with E-state index in [-0.39, 0.29) is 6.09 Å². The Morgan fingerprint density at radius 2 is 1.89 bits per heavy atom. The maximum atomic E-state index is 12.1. The monoisotopic (exact) mass is 247 g/mol. The minimum atomic E-state index is -0.212. The maximum absolute atomic E-state index is 12.1. The van der Waals surface area contributed by atoms with Crippen molar-refractivity contribution in [3.05, 3.63) is 30.3 Å². The Kier molecular flexibility index (Phi) is 4.62. The second-order valence-electron chi connectivity index (χ2n) is 4.76. The van der Waals surface area contributed by atoms with Gasteiger partial charge in [0.15, 0.2) is 0 Å². The lowest BCUT2D eigenvalue weighted by Gasteiger charge is -2.32. The zero-order chi connectivity index (χ0) is 12.8. The third kappa shape index (κ3) is 3.25. The average Bonchev–Trinajstić information content (AvgIpc) is 2.42. The second kappa shape index (κ2) is 6.43. The Labute approximate surface area is 109 Å². The van der Waals surface area contributed by atoms with Crippen molar-refractivity contribution >= 4 is 6.09 Å². The van der Waals surface area contributed by atoms with Crippen LogP contribution >= 0.6 is 0 Å². The van der Waals surface area contributed by atoms with Gasteiger partial charge in [0.2, 0.25) is 0 Å². The van der Waals surface area contributed by atoms with Crippen molar-refractivity contribution in [3.63, 3.8) is 0 Å². The molecule has 2 rings (SSSR count). The molecule has 0 radical (unpaired) electrons. The smallest absolute Gasteiger partial charge is 0.410 e. The van der Waals surface area contributed by atoms with E-state index in [0.29, 0.717) is 11.8 Å². The normalized spacial score (nSPS) is 16.3. The van der Waals surface area contributed by atoms with Gasteiger partial charge >= 0.3 is 6.09 Å². The number of nitrogens with zero attached hydrogens (tertiary/aromatic N) is 1. The van der Waals surface area contributed by atoms with Crippen LogP contribution < -0.4 is 4.74 Å². The molecule has 1 aliphatic carbocycles.